The topological polar surface area (TPSA) is 45.5 Å². The predicted octanol–water partition coefficient (Wildman–Crippen LogP) is 3.16. The number of hydrogen-bond acceptors (Lipinski definition) is 2. The lowest BCUT2D eigenvalue weighted by Gasteiger charge is -2.22. The van der Waals surface area contributed by atoms with Gasteiger partial charge in [0, 0.05) is 32.5 Å². The molecule has 1 N–H and O–H groups in total. The van der Waals surface area contributed by atoms with Crippen LogP contribution in [0, 0.1) is 0 Å². The number of guanidine groups is 1. The first-order chi connectivity index (χ1) is 11.2. The van der Waals surface area contributed by atoms with Crippen molar-refractivity contribution in [2.24, 2.45) is 4.99 Å². The molecule has 2 aromatic rings. The summed E-state index contributed by atoms with van der Waals surface area (Å²) in [6.07, 6.45) is 4.83. The van der Waals surface area contributed by atoms with Crippen LogP contribution in [0.15, 0.2) is 47.7 Å². The van der Waals surface area contributed by atoms with E-state index in [1.165, 1.54) is 11.1 Å². The smallest absolute Gasteiger partial charge is 0.194 e. The van der Waals surface area contributed by atoms with Crippen LogP contribution in [0.5, 0.6) is 0 Å². The fourth-order valence-corrected chi connectivity index (χ4v) is 2.39. The highest BCUT2D eigenvalue weighted by molar-refractivity contribution is 14.0. The second-order valence-corrected chi connectivity index (χ2v) is 5.53. The van der Waals surface area contributed by atoms with Crippen LogP contribution in [-0.2, 0) is 19.5 Å². The molecule has 1 aromatic heterocycles. The Bertz CT molecular complexity index is 592. The molecule has 0 fully saturated rings. The molecule has 0 bridgehead atoms. The van der Waals surface area contributed by atoms with E-state index in [2.05, 4.69) is 65.5 Å². The van der Waals surface area contributed by atoms with E-state index in [1.54, 1.807) is 6.20 Å². The lowest BCUT2D eigenvalue weighted by atomic mass is 10.1. The van der Waals surface area contributed by atoms with E-state index < -0.39 is 0 Å². The summed E-state index contributed by atoms with van der Waals surface area (Å²) in [5.41, 5.74) is 2.67. The molecule has 0 aliphatic heterocycles. The first-order valence-corrected chi connectivity index (χ1v) is 8.27. The van der Waals surface area contributed by atoms with Gasteiger partial charge in [0.1, 0.15) is 0 Å². The quantitative estimate of drug-likeness (QED) is 0.408. The number of benzene rings is 1. The molecule has 0 saturated heterocycles. The highest BCUT2D eigenvalue weighted by atomic mass is 127. The van der Waals surface area contributed by atoms with Crippen molar-refractivity contribution in [1.29, 1.82) is 0 Å². The number of rotatable bonds is 7. The van der Waals surface area contributed by atoms with Gasteiger partial charge in [-0.1, -0.05) is 31.2 Å². The summed E-state index contributed by atoms with van der Waals surface area (Å²) in [5.74, 6) is 0.930. The Hall–Kier alpha value is -1.57. The molecule has 0 radical (unpaired) electrons. The Labute approximate surface area is 162 Å². The SMILES string of the molecule is CCNC(=NCCn1cccn1)N(C)Cc1ccc(CC)cc1.I. The second kappa shape index (κ2) is 11.1. The molecule has 0 amide bonds. The van der Waals surface area contributed by atoms with E-state index in [4.69, 9.17) is 0 Å². The van der Waals surface area contributed by atoms with E-state index >= 15 is 0 Å². The third kappa shape index (κ3) is 6.51. The van der Waals surface area contributed by atoms with Gasteiger partial charge in [0.2, 0.25) is 0 Å². The summed E-state index contributed by atoms with van der Waals surface area (Å²) in [6, 6.07) is 10.7. The van der Waals surface area contributed by atoms with Crippen LogP contribution < -0.4 is 5.32 Å². The lowest BCUT2D eigenvalue weighted by molar-refractivity contribution is 0.474. The largest absolute Gasteiger partial charge is 0.357 e. The van der Waals surface area contributed by atoms with Gasteiger partial charge in [-0.3, -0.25) is 9.67 Å². The Kier molecular flexibility index (Phi) is 9.44. The molecule has 0 unspecified atom stereocenters. The van der Waals surface area contributed by atoms with E-state index in [0.29, 0.717) is 6.54 Å². The number of aromatic nitrogens is 2. The average molecular weight is 441 g/mol. The van der Waals surface area contributed by atoms with Crippen molar-refractivity contribution < 1.29 is 0 Å². The summed E-state index contributed by atoms with van der Waals surface area (Å²) >= 11 is 0. The van der Waals surface area contributed by atoms with Gasteiger partial charge < -0.3 is 10.2 Å². The van der Waals surface area contributed by atoms with E-state index in [1.807, 2.05) is 16.9 Å². The molecule has 0 spiro atoms. The standard InChI is InChI=1S/C18H27N5.HI/c1-4-16-7-9-17(10-8-16)15-22(3)18(19-5-2)20-12-14-23-13-6-11-21-23;/h6-11,13H,4-5,12,14-15H2,1-3H3,(H,19,20);1H. The molecule has 0 aliphatic carbocycles. The molecule has 0 atom stereocenters. The van der Waals surface area contributed by atoms with Gasteiger partial charge in [-0.05, 0) is 30.5 Å². The number of nitrogens with zero attached hydrogens (tertiary/aromatic N) is 4. The van der Waals surface area contributed by atoms with Crippen LogP contribution in [-0.4, -0.2) is 40.8 Å². The van der Waals surface area contributed by atoms with Crippen molar-refractivity contribution >= 4 is 29.9 Å². The molecule has 0 aliphatic rings. The van der Waals surface area contributed by atoms with Gasteiger partial charge in [-0.15, -0.1) is 24.0 Å². The predicted molar refractivity (Wildman–Crippen MR) is 111 cm³/mol. The van der Waals surface area contributed by atoms with Crippen LogP contribution in [0.25, 0.3) is 0 Å². The van der Waals surface area contributed by atoms with E-state index in [9.17, 15) is 0 Å². The van der Waals surface area contributed by atoms with Crippen molar-refractivity contribution in [2.45, 2.75) is 33.4 Å². The fraction of sp³-hybridized carbons (Fsp3) is 0.444. The fourth-order valence-electron chi connectivity index (χ4n) is 2.39. The molecule has 6 heteroatoms. The number of aliphatic imine (C=N–C) groups is 1. The van der Waals surface area contributed by atoms with Crippen molar-refractivity contribution in [3.05, 3.63) is 53.9 Å². The highest BCUT2D eigenvalue weighted by Gasteiger charge is 2.06. The summed E-state index contributed by atoms with van der Waals surface area (Å²) < 4.78 is 1.90. The molecule has 1 heterocycles. The van der Waals surface area contributed by atoms with Crippen LogP contribution in [0.4, 0.5) is 0 Å². The van der Waals surface area contributed by atoms with Crippen LogP contribution in [0.3, 0.4) is 0 Å². The van der Waals surface area contributed by atoms with E-state index in [-0.39, 0.29) is 24.0 Å². The second-order valence-electron chi connectivity index (χ2n) is 5.53. The Morgan fingerprint density at radius 3 is 2.50 bits per heavy atom. The molecule has 2 rings (SSSR count). The Morgan fingerprint density at radius 2 is 1.92 bits per heavy atom. The van der Waals surface area contributed by atoms with Crippen molar-refractivity contribution in [1.82, 2.24) is 20.0 Å². The van der Waals surface area contributed by atoms with Gasteiger partial charge in [-0.2, -0.15) is 5.10 Å². The van der Waals surface area contributed by atoms with Crippen molar-refractivity contribution in [3.8, 4) is 0 Å². The van der Waals surface area contributed by atoms with Crippen LogP contribution in [0.1, 0.15) is 25.0 Å². The number of halogens is 1. The van der Waals surface area contributed by atoms with Crippen molar-refractivity contribution in [3.63, 3.8) is 0 Å². The molecule has 132 valence electrons. The Balaban J connectivity index is 0.00000288. The third-order valence-corrected chi connectivity index (χ3v) is 3.70. The zero-order valence-corrected chi connectivity index (χ0v) is 17.1. The number of hydrogen-bond donors (Lipinski definition) is 1. The van der Waals surface area contributed by atoms with Crippen molar-refractivity contribution in [2.75, 3.05) is 20.1 Å². The molecule has 1 aromatic carbocycles. The molecular formula is C18H28IN5. The van der Waals surface area contributed by atoms with Gasteiger partial charge >= 0.3 is 0 Å². The monoisotopic (exact) mass is 441 g/mol. The molecular weight excluding hydrogens is 413 g/mol. The normalized spacial score (nSPS) is 11.0. The van der Waals surface area contributed by atoms with Crippen LogP contribution >= 0.6 is 24.0 Å². The van der Waals surface area contributed by atoms with Gasteiger partial charge in [-0.25, -0.2) is 0 Å². The minimum absolute atomic E-state index is 0. The minimum atomic E-state index is 0. The molecule has 0 saturated carbocycles. The Morgan fingerprint density at radius 1 is 1.21 bits per heavy atom. The van der Waals surface area contributed by atoms with Gasteiger partial charge in [0.15, 0.2) is 5.96 Å². The maximum absolute atomic E-state index is 4.69. The molecule has 5 nitrogen and oxygen atoms in total. The summed E-state index contributed by atoms with van der Waals surface area (Å²) in [7, 11) is 2.07. The zero-order chi connectivity index (χ0) is 16.5. The van der Waals surface area contributed by atoms with Crippen LogP contribution in [0.2, 0.25) is 0 Å². The number of nitrogens with one attached hydrogen (secondary N) is 1. The van der Waals surface area contributed by atoms with Gasteiger partial charge in [0.25, 0.3) is 0 Å². The maximum Gasteiger partial charge on any atom is 0.194 e. The average Bonchev–Trinajstić information content (AvgIpc) is 3.08. The third-order valence-electron chi connectivity index (χ3n) is 3.70. The highest BCUT2D eigenvalue weighted by Crippen LogP contribution is 2.07. The zero-order valence-electron chi connectivity index (χ0n) is 14.8. The summed E-state index contributed by atoms with van der Waals surface area (Å²) in [5, 5.41) is 7.55. The molecule has 24 heavy (non-hydrogen) atoms. The van der Waals surface area contributed by atoms with E-state index in [0.717, 1.165) is 32.0 Å². The van der Waals surface area contributed by atoms with Gasteiger partial charge in [0.05, 0.1) is 13.1 Å². The maximum atomic E-state index is 4.69. The summed E-state index contributed by atoms with van der Waals surface area (Å²) in [4.78, 5) is 6.85. The first-order valence-electron chi connectivity index (χ1n) is 8.27. The number of aryl methyl sites for hydroxylation is 1. The summed E-state index contributed by atoms with van der Waals surface area (Å²) in [6.45, 7) is 7.48. The minimum Gasteiger partial charge on any atom is -0.357 e. The first kappa shape index (κ1) is 20.5. The lowest BCUT2D eigenvalue weighted by Crippen LogP contribution is -2.38.